The zero-order valence-electron chi connectivity index (χ0n) is 17.6. The number of fused-ring (bicyclic) bond motifs is 2. The summed E-state index contributed by atoms with van der Waals surface area (Å²) in [6.45, 7) is 8.79. The third-order valence-electron chi connectivity index (χ3n) is 6.33. The van der Waals surface area contributed by atoms with E-state index in [1.54, 1.807) is 7.11 Å². The number of nitrogens with one attached hydrogen (secondary N) is 1. The second-order valence-electron chi connectivity index (χ2n) is 9.12. The van der Waals surface area contributed by atoms with Crippen molar-refractivity contribution < 1.29 is 9.53 Å². The average molecular weight is 413 g/mol. The number of rotatable bonds is 3. The van der Waals surface area contributed by atoms with E-state index in [0.29, 0.717) is 11.6 Å². The van der Waals surface area contributed by atoms with Gasteiger partial charge in [-0.2, -0.15) is 0 Å². The lowest BCUT2D eigenvalue weighted by molar-refractivity contribution is 0.0412. The molecule has 4 nitrogen and oxygen atoms in total. The summed E-state index contributed by atoms with van der Waals surface area (Å²) in [5.41, 5.74) is 3.55. The number of piperidine rings is 1. The molecule has 5 heteroatoms. The zero-order chi connectivity index (χ0) is 20.8. The fourth-order valence-electron chi connectivity index (χ4n) is 4.84. The van der Waals surface area contributed by atoms with Crippen LogP contribution in [0.25, 0.3) is 0 Å². The molecule has 2 aliphatic rings. The van der Waals surface area contributed by atoms with E-state index in [-0.39, 0.29) is 16.9 Å². The number of hydrogen-bond donors (Lipinski definition) is 1. The van der Waals surface area contributed by atoms with Crippen LogP contribution in [0.4, 0.5) is 0 Å². The Balaban J connectivity index is 1.84. The Morgan fingerprint density at radius 1 is 1.10 bits per heavy atom. The van der Waals surface area contributed by atoms with Gasteiger partial charge in [0, 0.05) is 17.1 Å². The molecule has 4 rings (SSSR count). The molecule has 0 saturated carbocycles. The van der Waals surface area contributed by atoms with Crippen LogP contribution >= 0.6 is 11.6 Å². The van der Waals surface area contributed by atoms with Crippen molar-refractivity contribution in [3.8, 4) is 5.75 Å². The van der Waals surface area contributed by atoms with Crippen LogP contribution in [0.1, 0.15) is 60.7 Å². The summed E-state index contributed by atoms with van der Waals surface area (Å²) in [5, 5.41) is 4.16. The monoisotopic (exact) mass is 412 g/mol. The van der Waals surface area contributed by atoms with Crippen molar-refractivity contribution in [2.75, 3.05) is 20.2 Å². The van der Waals surface area contributed by atoms with Crippen molar-refractivity contribution in [2.24, 2.45) is 0 Å². The minimum atomic E-state index is -0.351. The third kappa shape index (κ3) is 3.32. The maximum absolute atomic E-state index is 13.8. The molecule has 29 heavy (non-hydrogen) atoms. The molecule has 2 aliphatic heterocycles. The van der Waals surface area contributed by atoms with Crippen LogP contribution < -0.4 is 10.1 Å². The SMILES string of the molecule is COc1ccc(CN2C(=O)c3c(C(C)(C)C)ccc(Cl)c3C23CCNCC3)cc1. The largest absolute Gasteiger partial charge is 0.497 e. The summed E-state index contributed by atoms with van der Waals surface area (Å²) in [6, 6.07) is 12.0. The van der Waals surface area contributed by atoms with Crippen LogP contribution in [0.15, 0.2) is 36.4 Å². The number of hydrogen-bond acceptors (Lipinski definition) is 3. The van der Waals surface area contributed by atoms with Crippen LogP contribution in [-0.4, -0.2) is 31.0 Å². The Labute approximate surface area is 178 Å². The summed E-state index contributed by atoms with van der Waals surface area (Å²) in [6.07, 6.45) is 1.74. The van der Waals surface area contributed by atoms with Crippen LogP contribution in [0, 0.1) is 0 Å². The lowest BCUT2D eigenvalue weighted by Crippen LogP contribution is -2.50. The number of halogens is 1. The maximum Gasteiger partial charge on any atom is 0.255 e. The lowest BCUT2D eigenvalue weighted by Gasteiger charge is -2.43. The molecular weight excluding hydrogens is 384 g/mol. The van der Waals surface area contributed by atoms with Gasteiger partial charge in [0.1, 0.15) is 5.75 Å². The van der Waals surface area contributed by atoms with Gasteiger partial charge in [0.05, 0.1) is 18.2 Å². The minimum Gasteiger partial charge on any atom is -0.497 e. The molecular formula is C24H29ClN2O2. The van der Waals surface area contributed by atoms with Gasteiger partial charge in [0.2, 0.25) is 0 Å². The van der Waals surface area contributed by atoms with Crippen LogP contribution in [-0.2, 0) is 17.5 Å². The fourth-order valence-corrected chi connectivity index (χ4v) is 5.17. The number of nitrogens with zero attached hydrogens (tertiary/aromatic N) is 1. The van der Waals surface area contributed by atoms with E-state index in [1.165, 1.54) is 0 Å². The number of methoxy groups -OCH3 is 1. The van der Waals surface area contributed by atoms with Gasteiger partial charge < -0.3 is 15.0 Å². The van der Waals surface area contributed by atoms with Gasteiger partial charge in [-0.05, 0) is 60.7 Å². The predicted octanol–water partition coefficient (Wildman–Crippen LogP) is 4.88. The summed E-state index contributed by atoms with van der Waals surface area (Å²) in [4.78, 5) is 15.9. The summed E-state index contributed by atoms with van der Waals surface area (Å²) in [7, 11) is 1.66. The summed E-state index contributed by atoms with van der Waals surface area (Å²) in [5.74, 6) is 0.921. The Hall–Kier alpha value is -2.04. The van der Waals surface area contributed by atoms with Crippen molar-refractivity contribution in [3.63, 3.8) is 0 Å². The van der Waals surface area contributed by atoms with E-state index in [2.05, 4.69) is 31.0 Å². The molecule has 0 aliphatic carbocycles. The van der Waals surface area contributed by atoms with Crippen molar-refractivity contribution in [2.45, 2.75) is 51.1 Å². The van der Waals surface area contributed by atoms with Crippen molar-refractivity contribution in [1.29, 1.82) is 0 Å². The van der Waals surface area contributed by atoms with Crippen LogP contribution in [0.2, 0.25) is 5.02 Å². The van der Waals surface area contributed by atoms with E-state index >= 15 is 0 Å². The number of ether oxygens (including phenoxy) is 1. The molecule has 1 spiro atoms. The molecule has 1 N–H and O–H groups in total. The third-order valence-corrected chi connectivity index (χ3v) is 6.65. The zero-order valence-corrected chi connectivity index (χ0v) is 18.4. The first-order chi connectivity index (χ1) is 13.8. The smallest absolute Gasteiger partial charge is 0.255 e. The molecule has 2 aromatic carbocycles. The molecule has 1 amide bonds. The van der Waals surface area contributed by atoms with Crippen molar-refractivity contribution in [1.82, 2.24) is 10.2 Å². The van der Waals surface area contributed by atoms with Gasteiger partial charge in [-0.25, -0.2) is 0 Å². The highest BCUT2D eigenvalue weighted by Crippen LogP contribution is 2.51. The van der Waals surface area contributed by atoms with Gasteiger partial charge in [0.15, 0.2) is 0 Å². The molecule has 1 saturated heterocycles. The number of carbonyl (C=O) groups excluding carboxylic acids is 1. The normalized spacial score (nSPS) is 18.2. The van der Waals surface area contributed by atoms with E-state index < -0.39 is 0 Å². The Morgan fingerprint density at radius 2 is 1.76 bits per heavy atom. The minimum absolute atomic E-state index is 0.102. The average Bonchev–Trinajstić information content (AvgIpc) is 2.92. The van der Waals surface area contributed by atoms with Crippen LogP contribution in [0.5, 0.6) is 5.75 Å². The van der Waals surface area contributed by atoms with E-state index in [1.807, 2.05) is 36.4 Å². The van der Waals surface area contributed by atoms with Crippen LogP contribution in [0.3, 0.4) is 0 Å². The Kier molecular flexibility index (Phi) is 5.12. The van der Waals surface area contributed by atoms with Gasteiger partial charge in [0.25, 0.3) is 5.91 Å². The molecule has 0 unspecified atom stereocenters. The Morgan fingerprint density at radius 3 is 2.34 bits per heavy atom. The van der Waals surface area contributed by atoms with E-state index in [9.17, 15) is 4.79 Å². The molecule has 154 valence electrons. The van der Waals surface area contributed by atoms with E-state index in [0.717, 1.165) is 53.9 Å². The summed E-state index contributed by atoms with van der Waals surface area (Å²) >= 11 is 6.77. The molecule has 1 fully saturated rings. The molecule has 2 heterocycles. The molecule has 0 atom stereocenters. The standard InChI is InChI=1S/C24H29ClN2O2/c1-23(2,3)18-9-10-19(25)21-20(18)22(28)27(24(21)11-13-26-14-12-24)15-16-5-7-17(29-4)8-6-16/h5-10,26H,11-15H2,1-4H3. The highest BCUT2D eigenvalue weighted by atomic mass is 35.5. The first-order valence-electron chi connectivity index (χ1n) is 10.3. The molecule has 0 bridgehead atoms. The molecule has 0 radical (unpaired) electrons. The number of amides is 1. The highest BCUT2D eigenvalue weighted by molar-refractivity contribution is 6.32. The predicted molar refractivity (Wildman–Crippen MR) is 117 cm³/mol. The fraction of sp³-hybridized carbons (Fsp3) is 0.458. The second kappa shape index (κ2) is 7.33. The quantitative estimate of drug-likeness (QED) is 0.781. The van der Waals surface area contributed by atoms with Crippen molar-refractivity contribution >= 4 is 17.5 Å². The summed E-state index contributed by atoms with van der Waals surface area (Å²) < 4.78 is 5.28. The lowest BCUT2D eigenvalue weighted by atomic mass is 9.77. The highest BCUT2D eigenvalue weighted by Gasteiger charge is 2.52. The first-order valence-corrected chi connectivity index (χ1v) is 10.6. The topological polar surface area (TPSA) is 41.6 Å². The number of benzene rings is 2. The maximum atomic E-state index is 13.8. The van der Waals surface area contributed by atoms with Crippen molar-refractivity contribution in [3.05, 3.63) is 63.7 Å². The van der Waals surface area contributed by atoms with Gasteiger partial charge in [-0.3, -0.25) is 4.79 Å². The van der Waals surface area contributed by atoms with Gasteiger partial charge in [-0.1, -0.05) is 50.6 Å². The number of carbonyl (C=O) groups is 1. The second-order valence-corrected chi connectivity index (χ2v) is 9.52. The Bertz CT molecular complexity index is 925. The van der Waals surface area contributed by atoms with Gasteiger partial charge in [-0.15, -0.1) is 0 Å². The van der Waals surface area contributed by atoms with E-state index in [4.69, 9.17) is 16.3 Å². The molecule has 0 aromatic heterocycles. The van der Waals surface area contributed by atoms with Gasteiger partial charge >= 0.3 is 0 Å². The first kappa shape index (κ1) is 20.2. The molecule has 2 aromatic rings.